The minimum atomic E-state index is -1.51. The van der Waals surface area contributed by atoms with Crippen LogP contribution in [0.2, 0.25) is 0 Å². The van der Waals surface area contributed by atoms with Gasteiger partial charge in [0.1, 0.15) is 0 Å². The van der Waals surface area contributed by atoms with Gasteiger partial charge in [0, 0.05) is 6.04 Å². The predicted molar refractivity (Wildman–Crippen MR) is 56.0 cm³/mol. The van der Waals surface area contributed by atoms with Gasteiger partial charge < -0.3 is 5.73 Å². The molecular formula is C11H10F3N3. The molecule has 1 aromatic carbocycles. The highest BCUT2D eigenvalue weighted by Crippen LogP contribution is 2.22. The second kappa shape index (κ2) is 4.21. The SMILES string of the molecule is CC(N)c1cncn1-c1ccc(F)c(F)c1F. The van der Waals surface area contributed by atoms with Crippen molar-refractivity contribution in [3.8, 4) is 5.69 Å². The fraction of sp³-hybridized carbons (Fsp3) is 0.182. The largest absolute Gasteiger partial charge is 0.323 e. The van der Waals surface area contributed by atoms with Crippen LogP contribution in [0.5, 0.6) is 0 Å². The lowest BCUT2D eigenvalue weighted by atomic mass is 10.2. The quantitative estimate of drug-likeness (QED) is 0.820. The Balaban J connectivity index is 2.61. The molecule has 0 saturated carbocycles. The zero-order chi connectivity index (χ0) is 12.6. The molecule has 0 bridgehead atoms. The lowest BCUT2D eigenvalue weighted by molar-refractivity contribution is 0.444. The van der Waals surface area contributed by atoms with Crippen LogP contribution in [0.25, 0.3) is 5.69 Å². The van der Waals surface area contributed by atoms with Gasteiger partial charge in [0.05, 0.1) is 23.9 Å². The summed E-state index contributed by atoms with van der Waals surface area (Å²) in [5.41, 5.74) is 6.06. The first-order valence-electron chi connectivity index (χ1n) is 4.94. The maximum Gasteiger partial charge on any atom is 0.196 e. The monoisotopic (exact) mass is 241 g/mol. The van der Waals surface area contributed by atoms with E-state index in [0.717, 1.165) is 12.1 Å². The number of imidazole rings is 1. The molecule has 0 aliphatic heterocycles. The summed E-state index contributed by atoms with van der Waals surface area (Å²) in [6, 6.07) is 1.60. The van der Waals surface area contributed by atoms with Crippen molar-refractivity contribution in [2.75, 3.05) is 0 Å². The van der Waals surface area contributed by atoms with E-state index in [4.69, 9.17) is 5.73 Å². The molecule has 17 heavy (non-hydrogen) atoms. The molecule has 0 amide bonds. The van der Waals surface area contributed by atoms with Crippen molar-refractivity contribution in [2.24, 2.45) is 5.73 Å². The first-order chi connectivity index (χ1) is 8.02. The fourth-order valence-electron chi connectivity index (χ4n) is 1.55. The summed E-state index contributed by atoms with van der Waals surface area (Å²) in [4.78, 5) is 3.81. The number of nitrogens with two attached hydrogens (primary N) is 1. The van der Waals surface area contributed by atoms with Crippen molar-refractivity contribution >= 4 is 0 Å². The van der Waals surface area contributed by atoms with Crippen LogP contribution in [0.4, 0.5) is 13.2 Å². The van der Waals surface area contributed by atoms with Gasteiger partial charge >= 0.3 is 0 Å². The number of benzene rings is 1. The molecule has 2 aromatic rings. The van der Waals surface area contributed by atoms with Gasteiger partial charge in [-0.3, -0.25) is 4.57 Å². The Kier molecular flexibility index (Phi) is 2.89. The summed E-state index contributed by atoms with van der Waals surface area (Å²) < 4.78 is 40.8. The van der Waals surface area contributed by atoms with Crippen LogP contribution < -0.4 is 5.73 Å². The van der Waals surface area contributed by atoms with Crippen molar-refractivity contribution in [3.63, 3.8) is 0 Å². The van der Waals surface area contributed by atoms with Crippen LogP contribution in [0.1, 0.15) is 18.7 Å². The minimum Gasteiger partial charge on any atom is -0.323 e. The van der Waals surface area contributed by atoms with E-state index in [2.05, 4.69) is 4.98 Å². The molecule has 0 aliphatic carbocycles. The van der Waals surface area contributed by atoms with Crippen LogP contribution in [-0.2, 0) is 0 Å². The average Bonchev–Trinajstić information content (AvgIpc) is 2.75. The number of rotatable bonds is 2. The molecule has 1 atom stereocenters. The number of nitrogens with zero attached hydrogens (tertiary/aromatic N) is 2. The van der Waals surface area contributed by atoms with Crippen molar-refractivity contribution < 1.29 is 13.2 Å². The van der Waals surface area contributed by atoms with Crippen molar-refractivity contribution in [1.29, 1.82) is 0 Å². The van der Waals surface area contributed by atoms with E-state index in [1.807, 2.05) is 0 Å². The van der Waals surface area contributed by atoms with Crippen LogP contribution in [0.15, 0.2) is 24.7 Å². The normalized spacial score (nSPS) is 12.8. The smallest absolute Gasteiger partial charge is 0.196 e. The Labute approximate surface area is 95.7 Å². The van der Waals surface area contributed by atoms with Crippen LogP contribution in [-0.4, -0.2) is 9.55 Å². The van der Waals surface area contributed by atoms with Crippen LogP contribution >= 0.6 is 0 Å². The molecule has 90 valence electrons. The Morgan fingerprint density at radius 1 is 1.24 bits per heavy atom. The molecule has 0 spiro atoms. The molecule has 1 heterocycles. The van der Waals surface area contributed by atoms with E-state index < -0.39 is 23.5 Å². The Morgan fingerprint density at radius 2 is 1.94 bits per heavy atom. The summed E-state index contributed by atoms with van der Waals surface area (Å²) in [6.45, 7) is 1.69. The molecule has 0 aliphatic rings. The van der Waals surface area contributed by atoms with E-state index in [0.29, 0.717) is 5.69 Å². The lowest BCUT2D eigenvalue weighted by Gasteiger charge is -2.11. The van der Waals surface area contributed by atoms with Gasteiger partial charge in [-0.05, 0) is 19.1 Å². The van der Waals surface area contributed by atoms with Gasteiger partial charge in [-0.2, -0.15) is 0 Å². The van der Waals surface area contributed by atoms with E-state index in [9.17, 15) is 13.2 Å². The predicted octanol–water partition coefficient (Wildman–Crippen LogP) is 2.31. The first kappa shape index (κ1) is 11.7. The highest BCUT2D eigenvalue weighted by molar-refractivity contribution is 5.37. The average molecular weight is 241 g/mol. The van der Waals surface area contributed by atoms with E-state index in [1.165, 1.54) is 17.1 Å². The summed E-state index contributed by atoms with van der Waals surface area (Å²) >= 11 is 0. The third-order valence-corrected chi connectivity index (χ3v) is 2.41. The number of aromatic nitrogens is 2. The van der Waals surface area contributed by atoms with Gasteiger partial charge in [-0.25, -0.2) is 18.2 Å². The van der Waals surface area contributed by atoms with Gasteiger partial charge in [-0.1, -0.05) is 0 Å². The molecule has 6 heteroatoms. The van der Waals surface area contributed by atoms with E-state index in [-0.39, 0.29) is 5.69 Å². The maximum absolute atomic E-state index is 13.6. The second-order valence-electron chi connectivity index (χ2n) is 3.67. The topological polar surface area (TPSA) is 43.8 Å². The molecule has 1 aromatic heterocycles. The lowest BCUT2D eigenvalue weighted by Crippen LogP contribution is -2.12. The third kappa shape index (κ3) is 1.91. The maximum atomic E-state index is 13.6. The third-order valence-electron chi connectivity index (χ3n) is 2.41. The molecule has 3 nitrogen and oxygen atoms in total. The number of hydrogen-bond donors (Lipinski definition) is 1. The summed E-state index contributed by atoms with van der Waals surface area (Å²) in [5.74, 6) is -3.99. The zero-order valence-corrected chi connectivity index (χ0v) is 8.99. The van der Waals surface area contributed by atoms with Crippen LogP contribution in [0, 0.1) is 17.5 Å². The van der Waals surface area contributed by atoms with E-state index in [1.54, 1.807) is 6.92 Å². The first-order valence-corrected chi connectivity index (χ1v) is 4.94. The van der Waals surface area contributed by atoms with Crippen molar-refractivity contribution in [2.45, 2.75) is 13.0 Å². The standard InChI is InChI=1S/C11H10F3N3/c1-6(15)9-4-16-5-17(9)8-3-2-7(12)10(13)11(8)14/h2-6H,15H2,1H3. The van der Waals surface area contributed by atoms with E-state index >= 15 is 0 Å². The van der Waals surface area contributed by atoms with Gasteiger partial charge in [-0.15, -0.1) is 0 Å². The van der Waals surface area contributed by atoms with Gasteiger partial charge in [0.2, 0.25) is 0 Å². The molecule has 0 fully saturated rings. The Hall–Kier alpha value is -1.82. The number of halogens is 3. The Bertz CT molecular complexity index is 549. The molecule has 1 unspecified atom stereocenters. The summed E-state index contributed by atoms with van der Waals surface area (Å²) in [7, 11) is 0. The minimum absolute atomic E-state index is 0.117. The summed E-state index contributed by atoms with van der Waals surface area (Å²) in [5, 5.41) is 0. The number of hydrogen-bond acceptors (Lipinski definition) is 2. The van der Waals surface area contributed by atoms with Gasteiger partial charge in [0.25, 0.3) is 0 Å². The summed E-state index contributed by atoms with van der Waals surface area (Å²) in [6.07, 6.45) is 2.75. The molecule has 0 radical (unpaired) electrons. The second-order valence-corrected chi connectivity index (χ2v) is 3.67. The Morgan fingerprint density at radius 3 is 2.59 bits per heavy atom. The van der Waals surface area contributed by atoms with Gasteiger partial charge in [0.15, 0.2) is 17.5 Å². The zero-order valence-electron chi connectivity index (χ0n) is 8.99. The van der Waals surface area contributed by atoms with Crippen molar-refractivity contribution in [1.82, 2.24) is 9.55 Å². The highest BCUT2D eigenvalue weighted by Gasteiger charge is 2.17. The molecule has 2 rings (SSSR count). The molecular weight excluding hydrogens is 231 g/mol. The van der Waals surface area contributed by atoms with Crippen LogP contribution in [0.3, 0.4) is 0 Å². The molecule has 2 N–H and O–H groups in total. The fourth-order valence-corrected chi connectivity index (χ4v) is 1.55. The highest BCUT2D eigenvalue weighted by atomic mass is 19.2. The molecule has 0 saturated heterocycles. The van der Waals surface area contributed by atoms with Crippen molar-refractivity contribution in [3.05, 3.63) is 47.8 Å².